The number of benzene rings is 1. The Morgan fingerprint density at radius 2 is 1.96 bits per heavy atom. The molecule has 0 saturated carbocycles. The SMILES string of the molecule is CN=C(NCc1nccn1CC(C)C)NC1CCN(Cc2ccccc2)CC1. The Kier molecular flexibility index (Phi) is 7.48. The number of hydrogen-bond donors (Lipinski definition) is 2. The predicted molar refractivity (Wildman–Crippen MR) is 115 cm³/mol. The molecule has 6 nitrogen and oxygen atoms in total. The van der Waals surface area contributed by atoms with Crippen LogP contribution in [0.15, 0.2) is 47.7 Å². The topological polar surface area (TPSA) is 57.5 Å². The molecule has 0 amide bonds. The summed E-state index contributed by atoms with van der Waals surface area (Å²) in [6.45, 7) is 9.39. The molecule has 0 radical (unpaired) electrons. The zero-order valence-corrected chi connectivity index (χ0v) is 17.4. The van der Waals surface area contributed by atoms with Crippen LogP contribution in [0, 0.1) is 5.92 Å². The van der Waals surface area contributed by atoms with Crippen molar-refractivity contribution in [2.75, 3.05) is 20.1 Å². The zero-order valence-electron chi connectivity index (χ0n) is 17.4. The number of nitrogens with zero attached hydrogens (tertiary/aromatic N) is 4. The van der Waals surface area contributed by atoms with E-state index in [2.05, 4.69) is 80.5 Å². The largest absolute Gasteiger partial charge is 0.354 e. The van der Waals surface area contributed by atoms with Gasteiger partial charge in [0.15, 0.2) is 5.96 Å². The first-order chi connectivity index (χ1) is 13.6. The maximum Gasteiger partial charge on any atom is 0.191 e. The van der Waals surface area contributed by atoms with Crippen molar-refractivity contribution in [2.45, 2.75) is 52.4 Å². The van der Waals surface area contributed by atoms with Crippen LogP contribution in [0.4, 0.5) is 0 Å². The van der Waals surface area contributed by atoms with Crippen LogP contribution < -0.4 is 10.6 Å². The maximum absolute atomic E-state index is 4.48. The lowest BCUT2D eigenvalue weighted by Gasteiger charge is -2.33. The summed E-state index contributed by atoms with van der Waals surface area (Å²) in [4.78, 5) is 11.4. The highest BCUT2D eigenvalue weighted by atomic mass is 15.2. The fourth-order valence-corrected chi connectivity index (χ4v) is 3.69. The van der Waals surface area contributed by atoms with Gasteiger partial charge in [0.25, 0.3) is 0 Å². The second-order valence-corrected chi connectivity index (χ2v) is 8.00. The molecule has 2 aromatic rings. The van der Waals surface area contributed by atoms with Gasteiger partial charge in [0.1, 0.15) is 5.82 Å². The molecule has 1 saturated heterocycles. The molecule has 0 unspecified atom stereocenters. The van der Waals surface area contributed by atoms with Crippen molar-refractivity contribution in [3.63, 3.8) is 0 Å². The molecule has 2 heterocycles. The van der Waals surface area contributed by atoms with Crippen molar-refractivity contribution in [3.8, 4) is 0 Å². The van der Waals surface area contributed by atoms with Crippen molar-refractivity contribution in [1.82, 2.24) is 25.1 Å². The smallest absolute Gasteiger partial charge is 0.191 e. The number of nitrogens with one attached hydrogen (secondary N) is 2. The highest BCUT2D eigenvalue weighted by Crippen LogP contribution is 2.14. The van der Waals surface area contributed by atoms with Gasteiger partial charge in [-0.25, -0.2) is 4.98 Å². The van der Waals surface area contributed by atoms with Gasteiger partial charge < -0.3 is 15.2 Å². The minimum absolute atomic E-state index is 0.466. The molecule has 0 atom stereocenters. The fourth-order valence-electron chi connectivity index (χ4n) is 3.69. The summed E-state index contributed by atoms with van der Waals surface area (Å²) >= 11 is 0. The molecule has 6 heteroatoms. The van der Waals surface area contributed by atoms with E-state index in [1.54, 1.807) is 0 Å². The van der Waals surface area contributed by atoms with Gasteiger partial charge in [0, 0.05) is 51.7 Å². The molecule has 28 heavy (non-hydrogen) atoms. The summed E-state index contributed by atoms with van der Waals surface area (Å²) in [6, 6.07) is 11.2. The average molecular weight is 383 g/mol. The molecule has 0 aliphatic carbocycles. The molecule has 0 spiro atoms. The van der Waals surface area contributed by atoms with Crippen LogP contribution in [0.1, 0.15) is 38.1 Å². The Bertz CT molecular complexity index is 728. The Morgan fingerprint density at radius 1 is 1.21 bits per heavy atom. The third kappa shape index (κ3) is 6.09. The minimum atomic E-state index is 0.466. The second kappa shape index (κ2) is 10.3. The van der Waals surface area contributed by atoms with Crippen molar-refractivity contribution in [3.05, 3.63) is 54.1 Å². The van der Waals surface area contributed by atoms with E-state index in [4.69, 9.17) is 0 Å². The van der Waals surface area contributed by atoms with E-state index in [1.165, 1.54) is 5.56 Å². The number of guanidine groups is 1. The highest BCUT2D eigenvalue weighted by Gasteiger charge is 2.20. The number of hydrogen-bond acceptors (Lipinski definition) is 3. The first kappa shape index (κ1) is 20.4. The molecule has 1 aliphatic heterocycles. The summed E-state index contributed by atoms with van der Waals surface area (Å²) < 4.78 is 2.22. The number of likely N-dealkylation sites (tertiary alicyclic amines) is 1. The monoisotopic (exact) mass is 382 g/mol. The number of aromatic nitrogens is 2. The third-order valence-electron chi connectivity index (χ3n) is 5.18. The Balaban J connectivity index is 1.43. The van der Waals surface area contributed by atoms with Crippen LogP contribution in [-0.4, -0.2) is 46.6 Å². The van der Waals surface area contributed by atoms with Crippen molar-refractivity contribution >= 4 is 5.96 Å². The van der Waals surface area contributed by atoms with E-state index >= 15 is 0 Å². The molecule has 1 fully saturated rings. The molecule has 152 valence electrons. The van der Waals surface area contributed by atoms with Gasteiger partial charge in [-0.3, -0.25) is 9.89 Å². The van der Waals surface area contributed by atoms with E-state index < -0.39 is 0 Å². The average Bonchev–Trinajstić information content (AvgIpc) is 3.13. The Hall–Kier alpha value is -2.34. The van der Waals surface area contributed by atoms with E-state index in [1.807, 2.05) is 13.2 Å². The van der Waals surface area contributed by atoms with Crippen molar-refractivity contribution in [1.29, 1.82) is 0 Å². The number of rotatable bonds is 7. The molecule has 1 aromatic heterocycles. The molecule has 2 N–H and O–H groups in total. The summed E-state index contributed by atoms with van der Waals surface area (Å²) in [6.07, 6.45) is 6.19. The van der Waals surface area contributed by atoms with Crippen LogP contribution in [0.2, 0.25) is 0 Å². The number of piperidine rings is 1. The van der Waals surface area contributed by atoms with Gasteiger partial charge in [-0.05, 0) is 24.3 Å². The quantitative estimate of drug-likeness (QED) is 0.571. The van der Waals surface area contributed by atoms with Crippen LogP contribution >= 0.6 is 0 Å². The van der Waals surface area contributed by atoms with E-state index in [0.717, 1.165) is 50.8 Å². The van der Waals surface area contributed by atoms with Crippen LogP contribution in [0.5, 0.6) is 0 Å². The Labute approximate surface area is 169 Å². The molecular formula is C22H34N6. The standard InChI is InChI=1S/C22H34N6/c1-18(2)16-28-14-11-24-21(28)15-25-22(23-3)26-20-9-12-27(13-10-20)17-19-7-5-4-6-8-19/h4-8,11,14,18,20H,9-10,12-13,15-17H2,1-3H3,(H2,23,25,26). The molecular weight excluding hydrogens is 348 g/mol. The lowest BCUT2D eigenvalue weighted by Crippen LogP contribution is -2.48. The normalized spacial score (nSPS) is 16.5. The van der Waals surface area contributed by atoms with Crippen molar-refractivity contribution in [2.24, 2.45) is 10.9 Å². The molecule has 1 aliphatic rings. The highest BCUT2D eigenvalue weighted by molar-refractivity contribution is 5.79. The van der Waals surface area contributed by atoms with Gasteiger partial charge >= 0.3 is 0 Å². The second-order valence-electron chi connectivity index (χ2n) is 8.00. The lowest BCUT2D eigenvalue weighted by molar-refractivity contribution is 0.198. The summed E-state index contributed by atoms with van der Waals surface area (Å²) in [5.74, 6) is 2.52. The minimum Gasteiger partial charge on any atom is -0.354 e. The van der Waals surface area contributed by atoms with Crippen LogP contribution in [-0.2, 0) is 19.6 Å². The van der Waals surface area contributed by atoms with E-state index in [-0.39, 0.29) is 0 Å². The summed E-state index contributed by atoms with van der Waals surface area (Å²) in [7, 11) is 1.83. The summed E-state index contributed by atoms with van der Waals surface area (Å²) in [5, 5.41) is 7.01. The first-order valence-electron chi connectivity index (χ1n) is 10.4. The van der Waals surface area contributed by atoms with E-state index in [0.29, 0.717) is 18.5 Å². The van der Waals surface area contributed by atoms with Gasteiger partial charge in [-0.2, -0.15) is 0 Å². The van der Waals surface area contributed by atoms with Gasteiger partial charge in [-0.1, -0.05) is 44.2 Å². The van der Waals surface area contributed by atoms with Crippen molar-refractivity contribution < 1.29 is 0 Å². The van der Waals surface area contributed by atoms with Gasteiger partial charge in [0.2, 0.25) is 0 Å². The predicted octanol–water partition coefficient (Wildman–Crippen LogP) is 2.87. The lowest BCUT2D eigenvalue weighted by atomic mass is 10.0. The number of aliphatic imine (C=N–C) groups is 1. The maximum atomic E-state index is 4.48. The van der Waals surface area contributed by atoms with E-state index in [9.17, 15) is 0 Å². The van der Waals surface area contributed by atoms with Gasteiger partial charge in [0.05, 0.1) is 6.54 Å². The fraction of sp³-hybridized carbons (Fsp3) is 0.545. The molecule has 3 rings (SSSR count). The summed E-state index contributed by atoms with van der Waals surface area (Å²) in [5.41, 5.74) is 1.39. The molecule has 1 aromatic carbocycles. The Morgan fingerprint density at radius 3 is 2.64 bits per heavy atom. The number of imidazole rings is 1. The van der Waals surface area contributed by atoms with Gasteiger partial charge in [-0.15, -0.1) is 0 Å². The third-order valence-corrected chi connectivity index (χ3v) is 5.18. The van der Waals surface area contributed by atoms with Crippen LogP contribution in [0.3, 0.4) is 0 Å². The van der Waals surface area contributed by atoms with Crippen LogP contribution in [0.25, 0.3) is 0 Å². The molecule has 0 bridgehead atoms. The zero-order chi connectivity index (χ0) is 19.8. The first-order valence-corrected chi connectivity index (χ1v) is 10.4.